The highest BCUT2D eigenvalue weighted by Crippen LogP contribution is 2.66. The summed E-state index contributed by atoms with van der Waals surface area (Å²) in [4.78, 5) is 2.52. The second-order valence-electron chi connectivity index (χ2n) is 7.29. The van der Waals surface area contributed by atoms with Gasteiger partial charge in [0.25, 0.3) is 0 Å². The molecule has 2 bridgehead atoms. The van der Waals surface area contributed by atoms with Crippen molar-refractivity contribution in [2.75, 3.05) is 11.9 Å². The molecule has 0 unspecified atom stereocenters. The SMILES string of the molecule is CN(c1cccn1C)[C@H]1C[C@@]2(C)CC[C@@H]1C2(C)C. The first-order valence-corrected chi connectivity index (χ1v) is 7.21. The Labute approximate surface area is 111 Å². The normalized spacial score (nSPS) is 37.2. The lowest BCUT2D eigenvalue weighted by atomic mass is 9.71. The van der Waals surface area contributed by atoms with Crippen molar-refractivity contribution >= 4 is 5.82 Å². The average molecular weight is 246 g/mol. The Bertz CT molecular complexity index is 457. The van der Waals surface area contributed by atoms with Crippen LogP contribution in [0.2, 0.25) is 0 Å². The molecule has 2 heteroatoms. The second-order valence-corrected chi connectivity index (χ2v) is 7.29. The zero-order chi connectivity index (χ0) is 13.1. The molecule has 0 radical (unpaired) electrons. The lowest BCUT2D eigenvalue weighted by Gasteiger charge is -2.35. The maximum absolute atomic E-state index is 2.52. The van der Waals surface area contributed by atoms with Crippen LogP contribution in [0.15, 0.2) is 18.3 Å². The molecule has 0 aliphatic heterocycles. The smallest absolute Gasteiger partial charge is 0.108 e. The molecule has 0 N–H and O–H groups in total. The van der Waals surface area contributed by atoms with E-state index in [1.165, 1.54) is 25.1 Å². The van der Waals surface area contributed by atoms with Crippen molar-refractivity contribution in [2.45, 2.75) is 46.1 Å². The number of anilines is 1. The molecule has 2 aliphatic rings. The minimum absolute atomic E-state index is 0.497. The molecule has 1 heterocycles. The molecule has 1 aromatic heterocycles. The Kier molecular flexibility index (Phi) is 2.39. The van der Waals surface area contributed by atoms with E-state index in [1.54, 1.807) is 0 Å². The molecular formula is C16H26N2. The van der Waals surface area contributed by atoms with Crippen molar-refractivity contribution in [1.82, 2.24) is 4.57 Å². The molecular weight excluding hydrogens is 220 g/mol. The first-order chi connectivity index (χ1) is 8.37. The van der Waals surface area contributed by atoms with Gasteiger partial charge in [-0.1, -0.05) is 20.8 Å². The molecule has 2 saturated carbocycles. The summed E-state index contributed by atoms with van der Waals surface area (Å²) in [7, 11) is 4.42. The zero-order valence-electron chi connectivity index (χ0n) is 12.4. The van der Waals surface area contributed by atoms with Gasteiger partial charge in [0.1, 0.15) is 5.82 Å². The van der Waals surface area contributed by atoms with E-state index in [0.717, 1.165) is 5.92 Å². The zero-order valence-corrected chi connectivity index (χ0v) is 12.4. The second kappa shape index (κ2) is 3.55. The van der Waals surface area contributed by atoms with Gasteiger partial charge in [0.15, 0.2) is 0 Å². The number of aromatic nitrogens is 1. The fraction of sp³-hybridized carbons (Fsp3) is 0.750. The van der Waals surface area contributed by atoms with Crippen molar-refractivity contribution in [3.05, 3.63) is 18.3 Å². The van der Waals surface area contributed by atoms with E-state index in [9.17, 15) is 0 Å². The Morgan fingerprint density at radius 2 is 2.06 bits per heavy atom. The van der Waals surface area contributed by atoms with Crippen molar-refractivity contribution < 1.29 is 0 Å². The summed E-state index contributed by atoms with van der Waals surface area (Å²) in [5.41, 5.74) is 1.04. The quantitative estimate of drug-likeness (QED) is 0.773. The highest BCUT2D eigenvalue weighted by molar-refractivity contribution is 5.42. The predicted octanol–water partition coefficient (Wildman–Crippen LogP) is 3.68. The Hall–Kier alpha value is -0.920. The third kappa shape index (κ3) is 1.35. The summed E-state index contributed by atoms with van der Waals surface area (Å²) in [6, 6.07) is 5.10. The summed E-state index contributed by atoms with van der Waals surface area (Å²) < 4.78 is 2.24. The van der Waals surface area contributed by atoms with Crippen LogP contribution < -0.4 is 4.90 Å². The minimum atomic E-state index is 0.497. The van der Waals surface area contributed by atoms with E-state index < -0.39 is 0 Å². The lowest BCUT2D eigenvalue weighted by molar-refractivity contribution is 0.152. The maximum atomic E-state index is 2.52. The average Bonchev–Trinajstić information content (AvgIpc) is 2.87. The third-order valence-corrected chi connectivity index (χ3v) is 6.39. The molecule has 0 saturated heterocycles. The monoisotopic (exact) mass is 246 g/mol. The van der Waals surface area contributed by atoms with Crippen LogP contribution in [0.1, 0.15) is 40.0 Å². The third-order valence-electron chi connectivity index (χ3n) is 6.39. The van der Waals surface area contributed by atoms with E-state index >= 15 is 0 Å². The van der Waals surface area contributed by atoms with Gasteiger partial charge in [0.2, 0.25) is 0 Å². The fourth-order valence-electron chi connectivity index (χ4n) is 4.64. The molecule has 1 aromatic rings. The lowest BCUT2D eigenvalue weighted by Crippen LogP contribution is -2.38. The van der Waals surface area contributed by atoms with Gasteiger partial charge in [-0.05, 0) is 48.1 Å². The van der Waals surface area contributed by atoms with Crippen molar-refractivity contribution in [3.8, 4) is 0 Å². The van der Waals surface area contributed by atoms with Crippen LogP contribution in [-0.4, -0.2) is 17.7 Å². The van der Waals surface area contributed by atoms with Gasteiger partial charge in [-0.15, -0.1) is 0 Å². The van der Waals surface area contributed by atoms with Gasteiger partial charge in [0.05, 0.1) is 0 Å². The van der Waals surface area contributed by atoms with Gasteiger partial charge in [0, 0.05) is 26.3 Å². The van der Waals surface area contributed by atoms with Crippen LogP contribution in [0, 0.1) is 16.7 Å². The molecule has 18 heavy (non-hydrogen) atoms. The first kappa shape index (κ1) is 12.1. The van der Waals surface area contributed by atoms with Gasteiger partial charge in [-0.2, -0.15) is 0 Å². The fourth-order valence-corrected chi connectivity index (χ4v) is 4.64. The maximum Gasteiger partial charge on any atom is 0.108 e. The number of fused-ring (bicyclic) bond motifs is 2. The summed E-state index contributed by atoms with van der Waals surface area (Å²) in [5, 5.41) is 0. The number of hydrogen-bond acceptors (Lipinski definition) is 1. The molecule has 2 fully saturated rings. The van der Waals surface area contributed by atoms with Crippen LogP contribution in [0.3, 0.4) is 0 Å². The molecule has 0 amide bonds. The topological polar surface area (TPSA) is 8.17 Å². The Morgan fingerprint density at radius 1 is 1.33 bits per heavy atom. The van der Waals surface area contributed by atoms with Crippen LogP contribution in [0.25, 0.3) is 0 Å². The van der Waals surface area contributed by atoms with Gasteiger partial charge < -0.3 is 9.47 Å². The van der Waals surface area contributed by atoms with E-state index in [1.807, 2.05) is 0 Å². The van der Waals surface area contributed by atoms with Crippen LogP contribution in [0.5, 0.6) is 0 Å². The van der Waals surface area contributed by atoms with Crippen molar-refractivity contribution in [2.24, 2.45) is 23.8 Å². The Morgan fingerprint density at radius 3 is 2.50 bits per heavy atom. The van der Waals surface area contributed by atoms with Crippen LogP contribution in [-0.2, 0) is 7.05 Å². The standard InChI is InChI=1S/C16H26N2/c1-15(2)12-8-9-16(15,3)11-13(12)18(5)14-7-6-10-17(14)4/h6-7,10,12-13H,8-9,11H2,1-5H3/t12-,13-,16+/m0/s1. The number of rotatable bonds is 2. The minimum Gasteiger partial charge on any atom is -0.358 e. The largest absolute Gasteiger partial charge is 0.358 e. The molecule has 100 valence electrons. The Balaban J connectivity index is 1.91. The van der Waals surface area contributed by atoms with Crippen molar-refractivity contribution in [1.29, 1.82) is 0 Å². The number of hydrogen-bond donors (Lipinski definition) is 0. The molecule has 3 atom stereocenters. The van der Waals surface area contributed by atoms with Gasteiger partial charge in [-0.25, -0.2) is 0 Å². The van der Waals surface area contributed by atoms with E-state index in [4.69, 9.17) is 0 Å². The molecule has 2 aliphatic carbocycles. The van der Waals surface area contributed by atoms with E-state index in [0.29, 0.717) is 16.9 Å². The highest BCUT2D eigenvalue weighted by Gasteiger charge is 2.61. The predicted molar refractivity (Wildman–Crippen MR) is 76.8 cm³/mol. The number of nitrogens with zero attached hydrogens (tertiary/aromatic N) is 2. The van der Waals surface area contributed by atoms with Gasteiger partial charge in [-0.3, -0.25) is 0 Å². The van der Waals surface area contributed by atoms with Gasteiger partial charge >= 0.3 is 0 Å². The summed E-state index contributed by atoms with van der Waals surface area (Å²) in [6.07, 6.45) is 6.32. The van der Waals surface area contributed by atoms with Crippen LogP contribution >= 0.6 is 0 Å². The highest BCUT2D eigenvalue weighted by atomic mass is 15.2. The summed E-state index contributed by atoms with van der Waals surface area (Å²) in [5.74, 6) is 2.20. The van der Waals surface area contributed by atoms with E-state index in [-0.39, 0.29) is 0 Å². The molecule has 2 nitrogen and oxygen atoms in total. The number of aryl methyl sites for hydroxylation is 1. The molecule has 0 spiro atoms. The first-order valence-electron chi connectivity index (χ1n) is 7.21. The summed E-state index contributed by atoms with van der Waals surface area (Å²) in [6.45, 7) is 7.48. The van der Waals surface area contributed by atoms with E-state index in [2.05, 4.69) is 62.7 Å². The molecule has 3 rings (SSSR count). The van der Waals surface area contributed by atoms with Crippen molar-refractivity contribution in [3.63, 3.8) is 0 Å². The summed E-state index contributed by atoms with van der Waals surface area (Å²) >= 11 is 0. The molecule has 0 aromatic carbocycles. The van der Waals surface area contributed by atoms with Crippen LogP contribution in [0.4, 0.5) is 5.82 Å².